The van der Waals surface area contributed by atoms with Crippen LogP contribution < -0.4 is 10.1 Å². The van der Waals surface area contributed by atoms with E-state index in [0.717, 1.165) is 4.90 Å². The predicted octanol–water partition coefficient (Wildman–Crippen LogP) is 3.39. The van der Waals surface area contributed by atoms with Crippen LogP contribution in [0.15, 0.2) is 48.5 Å². The molecule has 1 heterocycles. The molecule has 1 fully saturated rings. The number of benzene rings is 2. The van der Waals surface area contributed by atoms with Crippen molar-refractivity contribution < 1.29 is 27.5 Å². The van der Waals surface area contributed by atoms with Crippen molar-refractivity contribution in [3.63, 3.8) is 0 Å². The van der Waals surface area contributed by atoms with E-state index in [2.05, 4.69) is 10.1 Å². The highest BCUT2D eigenvalue weighted by atomic mass is 19.3. The molecule has 2 aromatic carbocycles. The smallest absolute Gasteiger partial charge is 0.387 e. The van der Waals surface area contributed by atoms with Crippen LogP contribution in [0.25, 0.3) is 0 Å². The second kappa shape index (κ2) is 6.70. The Bertz CT molecular complexity index is 842. The number of carbonyl (C=O) groups is 2. The number of hydrogen-bond acceptors (Lipinski definition) is 3. The number of halogens is 3. The van der Waals surface area contributed by atoms with E-state index in [-0.39, 0.29) is 12.3 Å². The lowest BCUT2D eigenvalue weighted by Crippen LogP contribution is -2.40. The van der Waals surface area contributed by atoms with E-state index >= 15 is 0 Å². The van der Waals surface area contributed by atoms with Crippen LogP contribution in [0.3, 0.4) is 0 Å². The van der Waals surface area contributed by atoms with Gasteiger partial charge in [0, 0.05) is 0 Å². The first-order valence-corrected chi connectivity index (χ1v) is 7.73. The highest BCUT2D eigenvalue weighted by molar-refractivity contribution is 6.07. The molecule has 1 aliphatic heterocycles. The van der Waals surface area contributed by atoms with Crippen LogP contribution in [0.4, 0.5) is 18.0 Å². The predicted molar refractivity (Wildman–Crippen MR) is 85.9 cm³/mol. The van der Waals surface area contributed by atoms with Gasteiger partial charge in [0.05, 0.1) is 6.54 Å². The number of ether oxygens (including phenoxy) is 1. The molecule has 1 N–H and O–H groups in total. The number of hydrogen-bond donors (Lipinski definition) is 1. The Kier molecular flexibility index (Phi) is 4.58. The van der Waals surface area contributed by atoms with Crippen molar-refractivity contribution in [1.29, 1.82) is 0 Å². The summed E-state index contributed by atoms with van der Waals surface area (Å²) >= 11 is 0. The van der Waals surface area contributed by atoms with Gasteiger partial charge in [0.2, 0.25) is 0 Å². The van der Waals surface area contributed by atoms with Gasteiger partial charge in [-0.15, -0.1) is 0 Å². The Morgan fingerprint density at radius 1 is 1.15 bits per heavy atom. The zero-order valence-corrected chi connectivity index (χ0v) is 13.7. The van der Waals surface area contributed by atoms with Crippen LogP contribution in [0.5, 0.6) is 5.75 Å². The quantitative estimate of drug-likeness (QED) is 0.828. The molecule has 0 spiro atoms. The maximum absolute atomic E-state index is 13.3. The summed E-state index contributed by atoms with van der Waals surface area (Å²) in [6, 6.07) is 10.4. The molecule has 0 radical (unpaired) electrons. The number of nitrogens with zero attached hydrogens (tertiary/aromatic N) is 1. The van der Waals surface area contributed by atoms with Gasteiger partial charge in [-0.25, -0.2) is 9.18 Å². The minimum atomic E-state index is -2.95. The van der Waals surface area contributed by atoms with E-state index in [1.165, 1.54) is 49.4 Å². The van der Waals surface area contributed by atoms with Crippen molar-refractivity contribution in [1.82, 2.24) is 10.2 Å². The van der Waals surface area contributed by atoms with Crippen molar-refractivity contribution >= 4 is 11.9 Å². The van der Waals surface area contributed by atoms with Gasteiger partial charge in [0.1, 0.15) is 17.1 Å². The lowest BCUT2D eigenvalue weighted by molar-refractivity contribution is -0.131. The topological polar surface area (TPSA) is 58.6 Å². The molecule has 0 aromatic heterocycles. The number of nitrogens with one attached hydrogen (secondary N) is 1. The minimum absolute atomic E-state index is 0.0549. The maximum Gasteiger partial charge on any atom is 0.387 e. The molecular weight excluding hydrogens is 349 g/mol. The van der Waals surface area contributed by atoms with E-state index in [0.29, 0.717) is 11.1 Å². The molecule has 0 unspecified atom stereocenters. The van der Waals surface area contributed by atoms with Gasteiger partial charge in [-0.1, -0.05) is 24.3 Å². The molecule has 0 aliphatic carbocycles. The number of urea groups is 1. The van der Waals surface area contributed by atoms with Crippen molar-refractivity contribution in [2.24, 2.45) is 0 Å². The summed E-state index contributed by atoms with van der Waals surface area (Å²) in [5.74, 6) is -1.04. The summed E-state index contributed by atoms with van der Waals surface area (Å²) in [5, 5.41) is 2.60. The third-order valence-corrected chi connectivity index (χ3v) is 4.16. The fourth-order valence-electron chi connectivity index (χ4n) is 2.82. The number of carbonyl (C=O) groups excluding carboxylic acids is 2. The molecule has 136 valence electrons. The van der Waals surface area contributed by atoms with Crippen LogP contribution in [-0.4, -0.2) is 23.4 Å². The molecule has 1 saturated heterocycles. The summed E-state index contributed by atoms with van der Waals surface area (Å²) in [7, 11) is 0. The SMILES string of the molecule is C[C@@]1(c2ccc(OC(F)F)cc2)NC(=O)N(Cc2cccc(F)c2)C1=O. The molecule has 5 nitrogen and oxygen atoms in total. The molecule has 0 saturated carbocycles. The molecule has 3 rings (SSSR count). The summed E-state index contributed by atoms with van der Waals surface area (Å²) in [6.07, 6.45) is 0. The molecule has 26 heavy (non-hydrogen) atoms. The van der Waals surface area contributed by atoms with Gasteiger partial charge in [-0.2, -0.15) is 8.78 Å². The first kappa shape index (κ1) is 17.8. The molecule has 8 heteroatoms. The van der Waals surface area contributed by atoms with Crippen molar-refractivity contribution in [3.05, 3.63) is 65.5 Å². The monoisotopic (exact) mass is 364 g/mol. The van der Waals surface area contributed by atoms with Crippen LogP contribution in [-0.2, 0) is 16.9 Å². The molecule has 3 amide bonds. The number of amides is 3. The van der Waals surface area contributed by atoms with Crippen LogP contribution in [0.1, 0.15) is 18.1 Å². The first-order valence-electron chi connectivity index (χ1n) is 7.73. The lowest BCUT2D eigenvalue weighted by atomic mass is 9.92. The Balaban J connectivity index is 1.82. The lowest BCUT2D eigenvalue weighted by Gasteiger charge is -2.22. The Morgan fingerprint density at radius 3 is 2.46 bits per heavy atom. The van der Waals surface area contributed by atoms with E-state index in [9.17, 15) is 22.8 Å². The average Bonchev–Trinajstić information content (AvgIpc) is 2.79. The maximum atomic E-state index is 13.3. The van der Waals surface area contributed by atoms with Gasteiger partial charge >= 0.3 is 12.6 Å². The second-order valence-electron chi connectivity index (χ2n) is 5.98. The Hall–Kier alpha value is -3.03. The fourth-order valence-corrected chi connectivity index (χ4v) is 2.82. The summed E-state index contributed by atoms with van der Waals surface area (Å²) in [6.45, 7) is -1.52. The standard InChI is InChI=1S/C18H15F3N2O3/c1-18(12-5-7-14(8-6-12)26-16(20)21)15(24)23(17(25)22-18)10-11-3-2-4-13(19)9-11/h2-9,16H,10H2,1H3,(H,22,25)/t18-/m0/s1. The third-order valence-electron chi connectivity index (χ3n) is 4.16. The Labute approximate surface area is 147 Å². The van der Waals surface area contributed by atoms with Crippen molar-refractivity contribution in [2.75, 3.05) is 0 Å². The van der Waals surface area contributed by atoms with E-state index in [1.807, 2.05) is 0 Å². The highest BCUT2D eigenvalue weighted by Gasteiger charge is 2.48. The largest absolute Gasteiger partial charge is 0.435 e. The number of alkyl halides is 2. The van der Waals surface area contributed by atoms with Gasteiger partial charge in [-0.3, -0.25) is 9.69 Å². The minimum Gasteiger partial charge on any atom is -0.435 e. The molecule has 0 bridgehead atoms. The van der Waals surface area contributed by atoms with Gasteiger partial charge < -0.3 is 10.1 Å². The fraction of sp³-hybridized carbons (Fsp3) is 0.222. The van der Waals surface area contributed by atoms with E-state index < -0.39 is 29.9 Å². The van der Waals surface area contributed by atoms with E-state index in [4.69, 9.17) is 0 Å². The average molecular weight is 364 g/mol. The normalized spacial score (nSPS) is 19.8. The van der Waals surface area contributed by atoms with E-state index in [1.54, 1.807) is 6.07 Å². The van der Waals surface area contributed by atoms with Crippen LogP contribution in [0, 0.1) is 5.82 Å². The zero-order chi connectivity index (χ0) is 18.9. The summed E-state index contributed by atoms with van der Waals surface area (Å²) < 4.78 is 42.0. The van der Waals surface area contributed by atoms with Crippen molar-refractivity contribution in [2.45, 2.75) is 25.6 Å². The summed E-state index contributed by atoms with van der Waals surface area (Å²) in [5.41, 5.74) is -0.467. The number of rotatable bonds is 5. The van der Waals surface area contributed by atoms with Gasteiger partial charge in [0.15, 0.2) is 0 Å². The molecule has 2 aromatic rings. The molecule has 1 aliphatic rings. The second-order valence-corrected chi connectivity index (χ2v) is 5.98. The molecule has 1 atom stereocenters. The third kappa shape index (κ3) is 3.35. The highest BCUT2D eigenvalue weighted by Crippen LogP contribution is 2.31. The first-order chi connectivity index (χ1) is 12.3. The van der Waals surface area contributed by atoms with Crippen LogP contribution in [0.2, 0.25) is 0 Å². The summed E-state index contributed by atoms with van der Waals surface area (Å²) in [4.78, 5) is 26.0. The molecular formula is C18H15F3N2O3. The van der Waals surface area contributed by atoms with Gasteiger partial charge in [-0.05, 0) is 42.3 Å². The number of imide groups is 1. The van der Waals surface area contributed by atoms with Gasteiger partial charge in [0.25, 0.3) is 5.91 Å². The van der Waals surface area contributed by atoms with Crippen molar-refractivity contribution in [3.8, 4) is 5.75 Å². The Morgan fingerprint density at radius 2 is 1.85 bits per heavy atom. The zero-order valence-electron chi connectivity index (χ0n) is 13.7. The van der Waals surface area contributed by atoms with Crippen LogP contribution >= 0.6 is 0 Å².